The van der Waals surface area contributed by atoms with Crippen LogP contribution in [0.1, 0.15) is 16.2 Å². The molecule has 1 heterocycles. The number of benzene rings is 1. The highest BCUT2D eigenvalue weighted by Gasteiger charge is 2.09. The third kappa shape index (κ3) is 3.36. The molecule has 18 heavy (non-hydrogen) atoms. The number of carbonyl (C=O) groups is 1. The monoisotopic (exact) mass is 280 g/mol. The van der Waals surface area contributed by atoms with Gasteiger partial charge in [-0.2, -0.15) is 0 Å². The standard InChI is InChI=1S/C12H12N2O2S2/c1-8-13-14-12(16-8)18-7-11(15)9-3-5-10(17-2)6-4-9/h3-6H,7H2,1-2H3. The van der Waals surface area contributed by atoms with Crippen LogP contribution in [0.5, 0.6) is 0 Å². The van der Waals surface area contributed by atoms with Gasteiger partial charge in [-0.1, -0.05) is 23.9 Å². The molecule has 1 aromatic carbocycles. The Balaban J connectivity index is 1.94. The fraction of sp³-hybridized carbons (Fsp3) is 0.250. The van der Waals surface area contributed by atoms with Gasteiger partial charge in [0, 0.05) is 17.4 Å². The van der Waals surface area contributed by atoms with Gasteiger partial charge in [0.1, 0.15) is 0 Å². The van der Waals surface area contributed by atoms with Crippen LogP contribution >= 0.6 is 23.5 Å². The van der Waals surface area contributed by atoms with Gasteiger partial charge >= 0.3 is 0 Å². The van der Waals surface area contributed by atoms with Gasteiger partial charge in [-0.3, -0.25) is 4.79 Å². The zero-order valence-corrected chi connectivity index (χ0v) is 11.7. The van der Waals surface area contributed by atoms with E-state index < -0.39 is 0 Å². The van der Waals surface area contributed by atoms with Crippen LogP contribution in [-0.2, 0) is 0 Å². The molecular formula is C12H12N2O2S2. The Morgan fingerprint density at radius 3 is 2.56 bits per heavy atom. The predicted molar refractivity (Wildman–Crippen MR) is 72.3 cm³/mol. The molecule has 0 unspecified atom stereocenters. The van der Waals surface area contributed by atoms with Crippen LogP contribution in [0.3, 0.4) is 0 Å². The van der Waals surface area contributed by atoms with Crippen molar-refractivity contribution in [1.82, 2.24) is 10.2 Å². The van der Waals surface area contributed by atoms with Crippen LogP contribution in [-0.4, -0.2) is 28.0 Å². The van der Waals surface area contributed by atoms with E-state index in [1.54, 1.807) is 18.7 Å². The number of aryl methyl sites for hydroxylation is 1. The van der Waals surface area contributed by atoms with Crippen LogP contribution in [0.15, 0.2) is 38.8 Å². The summed E-state index contributed by atoms with van der Waals surface area (Å²) >= 11 is 2.91. The minimum Gasteiger partial charge on any atom is -0.416 e. The highest BCUT2D eigenvalue weighted by molar-refractivity contribution is 7.99. The van der Waals surface area contributed by atoms with E-state index in [9.17, 15) is 4.79 Å². The smallest absolute Gasteiger partial charge is 0.277 e. The number of ketones is 1. The van der Waals surface area contributed by atoms with Crippen LogP contribution in [0.25, 0.3) is 0 Å². The molecule has 0 saturated carbocycles. The van der Waals surface area contributed by atoms with Gasteiger partial charge in [-0.05, 0) is 18.4 Å². The van der Waals surface area contributed by atoms with Crippen molar-refractivity contribution >= 4 is 29.3 Å². The Hall–Kier alpha value is -1.27. The average Bonchev–Trinajstić information content (AvgIpc) is 2.82. The lowest BCUT2D eigenvalue weighted by Crippen LogP contribution is -2.01. The van der Waals surface area contributed by atoms with Crippen molar-refractivity contribution in [2.24, 2.45) is 0 Å². The first-order valence-corrected chi connectivity index (χ1v) is 7.50. The number of thioether (sulfide) groups is 2. The maximum atomic E-state index is 11.9. The van der Waals surface area contributed by atoms with E-state index in [1.807, 2.05) is 30.5 Å². The zero-order chi connectivity index (χ0) is 13.0. The SMILES string of the molecule is CSc1ccc(C(=O)CSc2nnc(C)o2)cc1. The molecule has 94 valence electrons. The van der Waals surface area contributed by atoms with E-state index >= 15 is 0 Å². The van der Waals surface area contributed by atoms with Gasteiger partial charge in [0.15, 0.2) is 5.78 Å². The van der Waals surface area contributed by atoms with E-state index in [1.165, 1.54) is 11.8 Å². The summed E-state index contributed by atoms with van der Waals surface area (Å²) < 4.78 is 5.19. The molecule has 0 spiro atoms. The highest BCUT2D eigenvalue weighted by Crippen LogP contribution is 2.19. The molecule has 0 radical (unpaired) electrons. The van der Waals surface area contributed by atoms with Crippen molar-refractivity contribution in [3.63, 3.8) is 0 Å². The lowest BCUT2D eigenvalue weighted by atomic mass is 10.1. The van der Waals surface area contributed by atoms with Gasteiger partial charge in [0.05, 0.1) is 5.75 Å². The van der Waals surface area contributed by atoms with Gasteiger partial charge in [-0.15, -0.1) is 22.0 Å². The van der Waals surface area contributed by atoms with E-state index in [4.69, 9.17) is 4.42 Å². The van der Waals surface area contributed by atoms with Crippen LogP contribution in [0.2, 0.25) is 0 Å². The quantitative estimate of drug-likeness (QED) is 0.619. The normalized spacial score (nSPS) is 10.6. The summed E-state index contributed by atoms with van der Waals surface area (Å²) in [6.07, 6.45) is 2.00. The van der Waals surface area contributed by atoms with Crippen molar-refractivity contribution in [1.29, 1.82) is 0 Å². The summed E-state index contributed by atoms with van der Waals surface area (Å²) in [4.78, 5) is 13.1. The Kier molecular flexibility index (Phi) is 4.43. The minimum absolute atomic E-state index is 0.0588. The molecule has 0 bridgehead atoms. The molecule has 6 heteroatoms. The molecule has 1 aromatic heterocycles. The summed E-state index contributed by atoms with van der Waals surface area (Å²) in [5.41, 5.74) is 0.705. The molecular weight excluding hydrogens is 268 g/mol. The molecule has 0 aliphatic heterocycles. The van der Waals surface area contributed by atoms with Gasteiger partial charge < -0.3 is 4.42 Å². The Morgan fingerprint density at radius 2 is 2.00 bits per heavy atom. The Labute approximate surface area is 114 Å². The first-order chi connectivity index (χ1) is 8.69. The van der Waals surface area contributed by atoms with Gasteiger partial charge in [-0.25, -0.2) is 0 Å². The summed E-state index contributed by atoms with van der Waals surface area (Å²) in [5.74, 6) is 0.873. The van der Waals surface area contributed by atoms with Crippen LogP contribution in [0, 0.1) is 6.92 Å². The summed E-state index contributed by atoms with van der Waals surface area (Å²) in [5, 5.41) is 7.97. The van der Waals surface area contributed by atoms with Crippen molar-refractivity contribution in [2.75, 3.05) is 12.0 Å². The predicted octanol–water partition coefficient (Wildman–Crippen LogP) is 3.07. The van der Waals surface area contributed by atoms with E-state index in [0.29, 0.717) is 22.4 Å². The molecule has 0 aliphatic rings. The number of aromatic nitrogens is 2. The second kappa shape index (κ2) is 6.06. The number of nitrogens with zero attached hydrogens (tertiary/aromatic N) is 2. The molecule has 0 atom stereocenters. The largest absolute Gasteiger partial charge is 0.416 e. The molecule has 4 nitrogen and oxygen atoms in total. The summed E-state index contributed by atoms with van der Waals surface area (Å²) in [7, 11) is 0. The molecule has 2 rings (SSSR count). The number of carbonyl (C=O) groups excluding carboxylic acids is 1. The van der Waals surface area contributed by atoms with Crippen LogP contribution in [0.4, 0.5) is 0 Å². The topological polar surface area (TPSA) is 56.0 Å². The van der Waals surface area contributed by atoms with Crippen molar-refractivity contribution < 1.29 is 9.21 Å². The number of rotatable bonds is 5. The maximum Gasteiger partial charge on any atom is 0.277 e. The maximum absolute atomic E-state index is 11.9. The first-order valence-electron chi connectivity index (χ1n) is 5.29. The first kappa shape index (κ1) is 13.2. The fourth-order valence-corrected chi connectivity index (χ4v) is 2.43. The van der Waals surface area contributed by atoms with E-state index in [2.05, 4.69) is 10.2 Å². The number of hydrogen-bond donors (Lipinski definition) is 0. The lowest BCUT2D eigenvalue weighted by Gasteiger charge is -2.00. The lowest BCUT2D eigenvalue weighted by molar-refractivity contribution is 0.102. The summed E-state index contributed by atoms with van der Waals surface area (Å²) in [6.45, 7) is 1.72. The minimum atomic E-state index is 0.0588. The molecule has 2 aromatic rings. The number of Topliss-reactive ketones (excluding diaryl/α,β-unsaturated/α-hetero) is 1. The fourth-order valence-electron chi connectivity index (χ4n) is 1.32. The zero-order valence-electron chi connectivity index (χ0n) is 10.0. The highest BCUT2D eigenvalue weighted by atomic mass is 32.2. The van der Waals surface area contributed by atoms with Crippen molar-refractivity contribution in [3.8, 4) is 0 Å². The van der Waals surface area contributed by atoms with Gasteiger partial charge in [0.2, 0.25) is 5.89 Å². The van der Waals surface area contributed by atoms with E-state index in [0.717, 1.165) is 4.90 Å². The Morgan fingerprint density at radius 1 is 1.28 bits per heavy atom. The third-order valence-electron chi connectivity index (χ3n) is 2.25. The molecule has 0 fully saturated rings. The molecule has 0 amide bonds. The molecule has 0 aliphatic carbocycles. The Bertz CT molecular complexity index is 537. The molecule has 0 saturated heterocycles. The third-order valence-corrected chi connectivity index (χ3v) is 3.81. The van der Waals surface area contributed by atoms with Crippen molar-refractivity contribution in [2.45, 2.75) is 17.0 Å². The average molecular weight is 280 g/mol. The second-order valence-electron chi connectivity index (χ2n) is 3.53. The van der Waals surface area contributed by atoms with Crippen LogP contribution < -0.4 is 0 Å². The second-order valence-corrected chi connectivity index (χ2v) is 5.33. The summed E-state index contributed by atoms with van der Waals surface area (Å²) in [6, 6.07) is 7.57. The number of hydrogen-bond acceptors (Lipinski definition) is 6. The van der Waals surface area contributed by atoms with E-state index in [-0.39, 0.29) is 5.78 Å². The van der Waals surface area contributed by atoms with Crippen molar-refractivity contribution in [3.05, 3.63) is 35.7 Å². The molecule has 0 N–H and O–H groups in total. The van der Waals surface area contributed by atoms with Gasteiger partial charge in [0.25, 0.3) is 5.22 Å².